The SMILES string of the molecule is CCc1ccc(/C=c2/s/c(=C/C(=O)C(C)(C)C)[nH]c2=O)cc1. The van der Waals surface area contributed by atoms with E-state index in [9.17, 15) is 9.59 Å². The van der Waals surface area contributed by atoms with Gasteiger partial charge in [0.05, 0.1) is 9.20 Å². The molecule has 4 heteroatoms. The molecule has 0 aliphatic heterocycles. The lowest BCUT2D eigenvalue weighted by Gasteiger charge is -2.12. The van der Waals surface area contributed by atoms with Crippen LogP contribution in [0, 0.1) is 5.41 Å². The van der Waals surface area contributed by atoms with Crippen LogP contribution >= 0.6 is 11.3 Å². The van der Waals surface area contributed by atoms with Gasteiger partial charge in [-0.1, -0.05) is 52.0 Å². The summed E-state index contributed by atoms with van der Waals surface area (Å²) in [5.74, 6) is 0.00356. The first-order valence-corrected chi connectivity index (χ1v) is 8.17. The van der Waals surface area contributed by atoms with Gasteiger partial charge >= 0.3 is 0 Å². The lowest BCUT2D eigenvalue weighted by Crippen LogP contribution is -2.22. The molecule has 0 bridgehead atoms. The Bertz CT molecular complexity index is 833. The van der Waals surface area contributed by atoms with E-state index in [1.165, 1.54) is 23.0 Å². The van der Waals surface area contributed by atoms with Crippen LogP contribution in [0.2, 0.25) is 0 Å². The fourth-order valence-corrected chi connectivity index (χ4v) is 2.75. The third kappa shape index (κ3) is 4.04. The Kier molecular flexibility index (Phi) is 4.81. The van der Waals surface area contributed by atoms with Gasteiger partial charge in [-0.05, 0) is 23.6 Å². The fourth-order valence-electron chi connectivity index (χ4n) is 1.86. The van der Waals surface area contributed by atoms with Gasteiger partial charge in [0.2, 0.25) is 0 Å². The zero-order valence-corrected chi connectivity index (χ0v) is 14.2. The van der Waals surface area contributed by atoms with E-state index in [0.717, 1.165) is 12.0 Å². The first-order valence-electron chi connectivity index (χ1n) is 7.35. The molecule has 0 aliphatic rings. The predicted octanol–water partition coefficient (Wildman–Crippen LogP) is 2.22. The van der Waals surface area contributed by atoms with E-state index in [-0.39, 0.29) is 11.3 Å². The molecule has 0 saturated carbocycles. The van der Waals surface area contributed by atoms with Crippen molar-refractivity contribution in [1.29, 1.82) is 0 Å². The summed E-state index contributed by atoms with van der Waals surface area (Å²) in [7, 11) is 0. The van der Waals surface area contributed by atoms with Crippen molar-refractivity contribution in [2.24, 2.45) is 5.41 Å². The van der Waals surface area contributed by atoms with Crippen LogP contribution in [0.25, 0.3) is 12.2 Å². The molecule has 0 atom stereocenters. The van der Waals surface area contributed by atoms with E-state index in [1.807, 2.05) is 39.0 Å². The number of benzene rings is 1. The second-order valence-electron chi connectivity index (χ2n) is 6.28. The van der Waals surface area contributed by atoms with Crippen molar-refractivity contribution in [1.82, 2.24) is 4.98 Å². The molecule has 3 nitrogen and oxygen atoms in total. The van der Waals surface area contributed by atoms with Gasteiger partial charge in [-0.15, -0.1) is 11.3 Å². The molecule has 1 N–H and O–H groups in total. The third-order valence-corrected chi connectivity index (χ3v) is 4.33. The van der Waals surface area contributed by atoms with Gasteiger partial charge in [0.1, 0.15) is 0 Å². The number of aryl methyl sites for hydroxylation is 1. The molecule has 0 radical (unpaired) electrons. The quantitative estimate of drug-likeness (QED) is 0.944. The molecule has 0 unspecified atom stereocenters. The van der Waals surface area contributed by atoms with Crippen molar-refractivity contribution in [2.45, 2.75) is 34.1 Å². The molecule has 1 heterocycles. The molecular formula is C18H21NO2S. The summed E-state index contributed by atoms with van der Waals surface area (Å²) in [6, 6.07) is 8.12. The Labute approximate surface area is 134 Å². The molecule has 0 spiro atoms. The number of thiazole rings is 1. The Morgan fingerprint density at radius 3 is 2.41 bits per heavy atom. The minimum atomic E-state index is -0.444. The Morgan fingerprint density at radius 2 is 1.86 bits per heavy atom. The van der Waals surface area contributed by atoms with Crippen LogP contribution in [-0.2, 0) is 11.2 Å². The number of aromatic amines is 1. The lowest BCUT2D eigenvalue weighted by molar-refractivity contribution is -0.119. The standard InChI is InChI=1S/C18H21NO2S/c1-5-12-6-8-13(9-7-12)10-14-17(21)19-16(22-14)11-15(20)18(2,3)4/h6-11H,5H2,1-4H3,(H,19,21)/b14-10+,16-11+. The molecule has 22 heavy (non-hydrogen) atoms. The third-order valence-electron chi connectivity index (χ3n) is 3.37. The molecule has 1 aromatic carbocycles. The zero-order chi connectivity index (χ0) is 16.3. The topological polar surface area (TPSA) is 49.9 Å². The van der Waals surface area contributed by atoms with Crippen molar-refractivity contribution in [2.75, 3.05) is 0 Å². The summed E-state index contributed by atoms with van der Waals surface area (Å²) < 4.78 is 1.21. The smallest absolute Gasteiger partial charge is 0.266 e. The highest BCUT2D eigenvalue weighted by Crippen LogP contribution is 2.14. The summed E-state index contributed by atoms with van der Waals surface area (Å²) in [5.41, 5.74) is 1.65. The highest BCUT2D eigenvalue weighted by Gasteiger charge is 2.18. The number of H-pyrrole nitrogens is 1. The average Bonchev–Trinajstić information content (AvgIpc) is 2.78. The number of ketones is 1. The largest absolute Gasteiger partial charge is 0.313 e. The maximum absolute atomic E-state index is 12.0. The Morgan fingerprint density at radius 1 is 1.23 bits per heavy atom. The molecule has 2 aromatic rings. The van der Waals surface area contributed by atoms with Crippen molar-refractivity contribution >= 4 is 29.3 Å². The minimum absolute atomic E-state index is 0.00356. The van der Waals surface area contributed by atoms with Crippen LogP contribution in [0.4, 0.5) is 0 Å². The second-order valence-corrected chi connectivity index (χ2v) is 7.37. The van der Waals surface area contributed by atoms with Gasteiger partial charge in [0.25, 0.3) is 5.56 Å². The highest BCUT2D eigenvalue weighted by atomic mass is 32.1. The van der Waals surface area contributed by atoms with E-state index in [2.05, 4.69) is 24.0 Å². The fraction of sp³-hybridized carbons (Fsp3) is 0.333. The summed E-state index contributed by atoms with van der Waals surface area (Å²) in [6.45, 7) is 7.69. The average molecular weight is 315 g/mol. The number of aromatic nitrogens is 1. The molecule has 1 aromatic heterocycles. The number of hydrogen-bond acceptors (Lipinski definition) is 3. The van der Waals surface area contributed by atoms with Gasteiger partial charge < -0.3 is 4.98 Å². The molecule has 0 saturated heterocycles. The number of nitrogens with one attached hydrogen (secondary N) is 1. The van der Waals surface area contributed by atoms with Gasteiger partial charge in [-0.25, -0.2) is 0 Å². The molecule has 116 valence electrons. The van der Waals surface area contributed by atoms with Gasteiger partial charge in [-0.2, -0.15) is 0 Å². The normalized spacial score (nSPS) is 13.6. The van der Waals surface area contributed by atoms with Crippen LogP contribution in [0.15, 0.2) is 29.1 Å². The highest BCUT2D eigenvalue weighted by molar-refractivity contribution is 7.07. The lowest BCUT2D eigenvalue weighted by atomic mass is 9.91. The first kappa shape index (κ1) is 16.4. The summed E-state index contributed by atoms with van der Waals surface area (Å²) in [6.07, 6.45) is 4.36. The van der Waals surface area contributed by atoms with Gasteiger partial charge in [0, 0.05) is 11.5 Å². The van der Waals surface area contributed by atoms with Gasteiger partial charge in [0.15, 0.2) is 5.78 Å². The molecular weight excluding hydrogens is 294 g/mol. The Balaban J connectivity index is 2.41. The van der Waals surface area contributed by atoms with E-state index >= 15 is 0 Å². The van der Waals surface area contributed by atoms with Crippen LogP contribution in [-0.4, -0.2) is 10.8 Å². The van der Waals surface area contributed by atoms with Crippen LogP contribution in [0.5, 0.6) is 0 Å². The summed E-state index contributed by atoms with van der Waals surface area (Å²) in [5, 5.41) is 0. The number of Topliss-reactive ketones (excluding diaryl/α,β-unsaturated/α-hetero) is 1. The molecule has 0 amide bonds. The first-order chi connectivity index (χ1) is 10.3. The number of hydrogen-bond donors (Lipinski definition) is 1. The molecule has 0 fully saturated rings. The number of carbonyl (C=O) groups is 1. The second kappa shape index (κ2) is 6.44. The maximum Gasteiger partial charge on any atom is 0.266 e. The Hall–Kier alpha value is -1.94. The van der Waals surface area contributed by atoms with Crippen molar-refractivity contribution < 1.29 is 4.79 Å². The summed E-state index contributed by atoms with van der Waals surface area (Å²) >= 11 is 1.31. The zero-order valence-electron chi connectivity index (χ0n) is 13.4. The van der Waals surface area contributed by atoms with Crippen LogP contribution in [0.1, 0.15) is 38.8 Å². The number of rotatable bonds is 3. The minimum Gasteiger partial charge on any atom is -0.313 e. The predicted molar refractivity (Wildman–Crippen MR) is 92.5 cm³/mol. The summed E-state index contributed by atoms with van der Waals surface area (Å²) in [4.78, 5) is 26.7. The van der Waals surface area contributed by atoms with Crippen molar-refractivity contribution in [3.8, 4) is 0 Å². The monoisotopic (exact) mass is 315 g/mol. The van der Waals surface area contributed by atoms with E-state index < -0.39 is 5.41 Å². The maximum atomic E-state index is 12.0. The van der Waals surface area contributed by atoms with E-state index in [0.29, 0.717) is 9.20 Å². The van der Waals surface area contributed by atoms with Crippen molar-refractivity contribution in [3.63, 3.8) is 0 Å². The van der Waals surface area contributed by atoms with E-state index in [1.54, 1.807) is 0 Å². The van der Waals surface area contributed by atoms with Crippen LogP contribution in [0.3, 0.4) is 0 Å². The van der Waals surface area contributed by atoms with E-state index in [4.69, 9.17) is 0 Å². The van der Waals surface area contributed by atoms with Gasteiger partial charge in [-0.3, -0.25) is 9.59 Å². The van der Waals surface area contributed by atoms with Crippen molar-refractivity contribution in [3.05, 3.63) is 54.9 Å². The molecule has 2 rings (SSSR count). The number of carbonyl (C=O) groups excluding carboxylic acids is 1. The molecule has 0 aliphatic carbocycles. The van der Waals surface area contributed by atoms with Crippen LogP contribution < -0.4 is 14.8 Å².